The van der Waals surface area contributed by atoms with Crippen LogP contribution in [0.15, 0.2) is 42.5 Å². The number of carbonyl (C=O) groups is 1. The summed E-state index contributed by atoms with van der Waals surface area (Å²) in [7, 11) is 1.74. The van der Waals surface area contributed by atoms with Gasteiger partial charge in [0.15, 0.2) is 0 Å². The van der Waals surface area contributed by atoms with Crippen molar-refractivity contribution in [2.45, 2.75) is 6.42 Å². The predicted octanol–water partition coefficient (Wildman–Crippen LogP) is 2.98. The second kappa shape index (κ2) is 6.83. The summed E-state index contributed by atoms with van der Waals surface area (Å²) in [4.78, 5) is 12.0. The number of nitrogens with one attached hydrogen (secondary N) is 2. The van der Waals surface area contributed by atoms with Crippen LogP contribution in [0.5, 0.6) is 0 Å². The molecule has 0 atom stereocenters. The van der Waals surface area contributed by atoms with Crippen LogP contribution in [0, 0.1) is 11.6 Å². The highest BCUT2D eigenvalue weighted by molar-refractivity contribution is 5.99. The number of halogens is 2. The zero-order chi connectivity index (χ0) is 15.2. The van der Waals surface area contributed by atoms with Crippen molar-refractivity contribution in [3.63, 3.8) is 0 Å². The normalized spacial score (nSPS) is 10.2. The Labute approximate surface area is 122 Å². The molecule has 2 aromatic carbocycles. The van der Waals surface area contributed by atoms with Gasteiger partial charge in [-0.2, -0.15) is 0 Å². The Kier molecular flexibility index (Phi) is 4.87. The number of anilines is 1. The third-order valence-corrected chi connectivity index (χ3v) is 3.06. The zero-order valence-corrected chi connectivity index (χ0v) is 11.6. The topological polar surface area (TPSA) is 41.1 Å². The highest BCUT2D eigenvalue weighted by Crippen LogP contribution is 2.14. The second-order valence-corrected chi connectivity index (χ2v) is 4.58. The lowest BCUT2D eigenvalue weighted by Gasteiger charge is -2.09. The van der Waals surface area contributed by atoms with Gasteiger partial charge < -0.3 is 10.6 Å². The van der Waals surface area contributed by atoms with Gasteiger partial charge in [-0.05, 0) is 36.2 Å². The summed E-state index contributed by atoms with van der Waals surface area (Å²) in [6, 6.07) is 10.5. The van der Waals surface area contributed by atoms with E-state index in [1.54, 1.807) is 25.2 Å². The predicted molar refractivity (Wildman–Crippen MR) is 78.4 cm³/mol. The minimum absolute atomic E-state index is 0.225. The molecule has 0 fully saturated rings. The molecular formula is C16H16F2N2O. The SMILES string of the molecule is CNc1ccccc1C(=O)NCCc1cc(F)cc(F)c1. The minimum Gasteiger partial charge on any atom is -0.387 e. The van der Waals surface area contributed by atoms with Crippen LogP contribution in [0.25, 0.3) is 0 Å². The van der Waals surface area contributed by atoms with Crippen molar-refractivity contribution in [1.82, 2.24) is 5.32 Å². The lowest BCUT2D eigenvalue weighted by Crippen LogP contribution is -2.26. The average molecular weight is 290 g/mol. The van der Waals surface area contributed by atoms with E-state index >= 15 is 0 Å². The van der Waals surface area contributed by atoms with Gasteiger partial charge in [0.2, 0.25) is 0 Å². The van der Waals surface area contributed by atoms with E-state index in [0.717, 1.165) is 11.8 Å². The van der Waals surface area contributed by atoms with Gasteiger partial charge in [0, 0.05) is 25.3 Å². The van der Waals surface area contributed by atoms with E-state index in [2.05, 4.69) is 10.6 Å². The zero-order valence-electron chi connectivity index (χ0n) is 11.6. The van der Waals surface area contributed by atoms with E-state index < -0.39 is 11.6 Å². The number of benzene rings is 2. The van der Waals surface area contributed by atoms with Crippen LogP contribution in [0.3, 0.4) is 0 Å². The molecule has 0 aliphatic rings. The summed E-state index contributed by atoms with van der Waals surface area (Å²) in [6.07, 6.45) is 0.363. The number of hydrogen-bond acceptors (Lipinski definition) is 2. The summed E-state index contributed by atoms with van der Waals surface area (Å²) in [6.45, 7) is 0.305. The van der Waals surface area contributed by atoms with Crippen molar-refractivity contribution in [2.75, 3.05) is 18.9 Å². The first-order chi connectivity index (χ1) is 10.1. The molecule has 0 aliphatic heterocycles. The molecule has 2 rings (SSSR count). The Balaban J connectivity index is 1.95. The maximum atomic E-state index is 13.0. The lowest BCUT2D eigenvalue weighted by molar-refractivity contribution is 0.0955. The molecule has 0 spiro atoms. The molecule has 0 bridgehead atoms. The van der Waals surface area contributed by atoms with E-state index in [1.165, 1.54) is 12.1 Å². The summed E-state index contributed by atoms with van der Waals surface area (Å²) in [5.74, 6) is -1.45. The van der Waals surface area contributed by atoms with Gasteiger partial charge in [0.1, 0.15) is 11.6 Å². The highest BCUT2D eigenvalue weighted by Gasteiger charge is 2.09. The Bertz CT molecular complexity index is 624. The molecular weight excluding hydrogens is 274 g/mol. The fourth-order valence-corrected chi connectivity index (χ4v) is 2.07. The maximum Gasteiger partial charge on any atom is 0.253 e. The summed E-state index contributed by atoms with van der Waals surface area (Å²) >= 11 is 0. The molecule has 0 unspecified atom stereocenters. The van der Waals surface area contributed by atoms with E-state index in [1.807, 2.05) is 6.07 Å². The van der Waals surface area contributed by atoms with Crippen LogP contribution in [0.2, 0.25) is 0 Å². The molecule has 0 saturated heterocycles. The van der Waals surface area contributed by atoms with Gasteiger partial charge in [0.05, 0.1) is 5.56 Å². The molecule has 2 N–H and O–H groups in total. The Morgan fingerprint density at radius 3 is 2.43 bits per heavy atom. The van der Waals surface area contributed by atoms with E-state index in [4.69, 9.17) is 0 Å². The van der Waals surface area contributed by atoms with E-state index in [0.29, 0.717) is 24.1 Å². The Hall–Kier alpha value is -2.43. The summed E-state index contributed by atoms with van der Waals surface area (Å²) in [5, 5.41) is 5.68. The molecule has 0 aliphatic carbocycles. The quantitative estimate of drug-likeness (QED) is 0.889. The van der Waals surface area contributed by atoms with Gasteiger partial charge >= 0.3 is 0 Å². The summed E-state index contributed by atoms with van der Waals surface area (Å²) in [5.41, 5.74) is 1.77. The molecule has 0 saturated carbocycles. The summed E-state index contributed by atoms with van der Waals surface area (Å²) < 4.78 is 26.1. The lowest BCUT2D eigenvalue weighted by atomic mass is 10.1. The Morgan fingerprint density at radius 2 is 1.76 bits per heavy atom. The highest BCUT2D eigenvalue weighted by atomic mass is 19.1. The van der Waals surface area contributed by atoms with Crippen LogP contribution >= 0.6 is 0 Å². The van der Waals surface area contributed by atoms with E-state index in [9.17, 15) is 13.6 Å². The van der Waals surface area contributed by atoms with Crippen molar-refractivity contribution >= 4 is 11.6 Å². The third-order valence-electron chi connectivity index (χ3n) is 3.06. The Morgan fingerprint density at radius 1 is 1.10 bits per heavy atom. The number of hydrogen-bond donors (Lipinski definition) is 2. The van der Waals surface area contributed by atoms with E-state index in [-0.39, 0.29) is 5.91 Å². The third kappa shape index (κ3) is 4.02. The molecule has 0 aromatic heterocycles. The minimum atomic E-state index is -0.614. The van der Waals surface area contributed by atoms with Crippen molar-refractivity contribution in [3.8, 4) is 0 Å². The fraction of sp³-hybridized carbons (Fsp3) is 0.188. The average Bonchev–Trinajstić information content (AvgIpc) is 2.46. The molecule has 1 amide bonds. The van der Waals surface area contributed by atoms with Gasteiger partial charge in [-0.15, -0.1) is 0 Å². The maximum absolute atomic E-state index is 13.0. The van der Waals surface area contributed by atoms with Crippen LogP contribution in [0.4, 0.5) is 14.5 Å². The van der Waals surface area contributed by atoms with Crippen molar-refractivity contribution in [1.29, 1.82) is 0 Å². The molecule has 0 heterocycles. The standard InChI is InChI=1S/C16H16F2N2O/c1-19-15-5-3-2-4-14(15)16(21)20-7-6-11-8-12(17)10-13(18)9-11/h2-5,8-10,19H,6-7H2,1H3,(H,20,21). The molecule has 5 heteroatoms. The number of para-hydroxylation sites is 1. The van der Waals surface area contributed by atoms with Crippen LogP contribution in [0.1, 0.15) is 15.9 Å². The molecule has 0 radical (unpaired) electrons. The van der Waals surface area contributed by atoms with Crippen molar-refractivity contribution in [2.24, 2.45) is 0 Å². The fourth-order valence-electron chi connectivity index (χ4n) is 2.07. The smallest absolute Gasteiger partial charge is 0.253 e. The first-order valence-corrected chi connectivity index (χ1v) is 6.60. The van der Waals surface area contributed by atoms with Crippen molar-refractivity contribution < 1.29 is 13.6 Å². The molecule has 110 valence electrons. The number of rotatable bonds is 5. The molecule has 3 nitrogen and oxygen atoms in total. The van der Waals surface area contributed by atoms with Crippen LogP contribution < -0.4 is 10.6 Å². The first-order valence-electron chi connectivity index (χ1n) is 6.60. The molecule has 21 heavy (non-hydrogen) atoms. The number of amides is 1. The monoisotopic (exact) mass is 290 g/mol. The van der Waals surface area contributed by atoms with Gasteiger partial charge in [-0.3, -0.25) is 4.79 Å². The van der Waals surface area contributed by atoms with Gasteiger partial charge in [0.25, 0.3) is 5.91 Å². The second-order valence-electron chi connectivity index (χ2n) is 4.58. The largest absolute Gasteiger partial charge is 0.387 e. The number of carbonyl (C=O) groups excluding carboxylic acids is 1. The van der Waals surface area contributed by atoms with Crippen LogP contribution in [-0.2, 0) is 6.42 Å². The first kappa shape index (κ1) is 15.0. The van der Waals surface area contributed by atoms with Gasteiger partial charge in [-0.1, -0.05) is 12.1 Å². The van der Waals surface area contributed by atoms with Crippen molar-refractivity contribution in [3.05, 3.63) is 65.2 Å². The van der Waals surface area contributed by atoms with Gasteiger partial charge in [-0.25, -0.2) is 8.78 Å². The van der Waals surface area contributed by atoms with Crippen LogP contribution in [-0.4, -0.2) is 19.5 Å². The molecule has 2 aromatic rings.